The molecule has 1 aromatic carbocycles. The minimum absolute atomic E-state index is 0.0231. The second-order valence-corrected chi connectivity index (χ2v) is 6.17. The number of rotatable bonds is 4. The highest BCUT2D eigenvalue weighted by atomic mass is 35.5. The molecule has 0 radical (unpaired) electrons. The van der Waals surface area contributed by atoms with Crippen molar-refractivity contribution in [2.45, 2.75) is 6.54 Å². The van der Waals surface area contributed by atoms with Crippen molar-refractivity contribution in [2.75, 3.05) is 19.0 Å². The molecule has 0 aliphatic carbocycles. The fourth-order valence-electron chi connectivity index (χ4n) is 2.59. The molecule has 0 spiro atoms. The van der Waals surface area contributed by atoms with Crippen LogP contribution < -0.4 is 14.9 Å². The number of esters is 1. The number of methoxy groups -OCH3 is 1. The molecule has 1 aliphatic rings. The summed E-state index contributed by atoms with van der Waals surface area (Å²) in [4.78, 5) is 39.5. The van der Waals surface area contributed by atoms with Crippen molar-refractivity contribution in [3.8, 4) is 5.75 Å². The van der Waals surface area contributed by atoms with Crippen molar-refractivity contribution in [2.24, 2.45) is 0 Å². The lowest BCUT2D eigenvalue weighted by atomic mass is 10.1. The molecule has 0 saturated heterocycles. The number of aromatic carboxylic acids is 1. The van der Waals surface area contributed by atoms with Gasteiger partial charge in [0.15, 0.2) is 23.6 Å². The van der Waals surface area contributed by atoms with E-state index in [1.807, 2.05) is 18.2 Å². The molecular formula is C18H16ClN5O6. The third-order valence-corrected chi connectivity index (χ3v) is 4.05. The lowest BCUT2D eigenvalue weighted by Gasteiger charge is -2.18. The lowest BCUT2D eigenvalue weighted by Crippen LogP contribution is -2.25. The van der Waals surface area contributed by atoms with Crippen molar-refractivity contribution in [1.29, 1.82) is 0 Å². The van der Waals surface area contributed by atoms with Crippen LogP contribution in [0.5, 0.6) is 5.75 Å². The standard InChI is InChI=1S/C9H9ClN2O2.C9H7N3O4/c10-11-4-6-1-2-8-7(3-6)12-9(13)5-14-8;1-16-9(15)6-4-5(8(13)14)11-7-2-3-10-12(6)7/h1-3,11H,4-5H2,(H,12,13);2-4H,1H3,(H,13,14). The number of halogens is 1. The van der Waals surface area contributed by atoms with Gasteiger partial charge in [0.1, 0.15) is 5.75 Å². The van der Waals surface area contributed by atoms with Crippen LogP contribution >= 0.6 is 11.8 Å². The Labute approximate surface area is 174 Å². The Balaban J connectivity index is 0.000000172. The SMILES string of the molecule is COC(=O)c1cc(C(=O)O)nc2ccnn12.O=C1COc2ccc(CNCl)cc2N1. The van der Waals surface area contributed by atoms with E-state index < -0.39 is 11.9 Å². The molecule has 0 fully saturated rings. The van der Waals surface area contributed by atoms with Crippen molar-refractivity contribution in [3.05, 3.63) is 53.5 Å². The molecule has 1 aliphatic heterocycles. The Morgan fingerprint density at radius 2 is 2.17 bits per heavy atom. The molecule has 12 heteroatoms. The number of aromatic nitrogens is 3. The zero-order valence-corrected chi connectivity index (χ0v) is 16.3. The number of carboxylic acid groups (broad SMARTS) is 1. The summed E-state index contributed by atoms with van der Waals surface area (Å²) in [6, 6.07) is 8.17. The average molecular weight is 434 g/mol. The number of ether oxygens (including phenoxy) is 2. The topological polar surface area (TPSA) is 144 Å². The van der Waals surface area contributed by atoms with Gasteiger partial charge >= 0.3 is 11.9 Å². The van der Waals surface area contributed by atoms with E-state index in [0.29, 0.717) is 18.0 Å². The predicted molar refractivity (Wildman–Crippen MR) is 105 cm³/mol. The van der Waals surface area contributed by atoms with Gasteiger partial charge in [-0.05, 0) is 29.5 Å². The summed E-state index contributed by atoms with van der Waals surface area (Å²) in [5, 5.41) is 15.4. The molecule has 3 N–H and O–H groups in total. The van der Waals surface area contributed by atoms with E-state index in [9.17, 15) is 14.4 Å². The summed E-state index contributed by atoms with van der Waals surface area (Å²) in [6.07, 6.45) is 1.42. The lowest BCUT2D eigenvalue weighted by molar-refractivity contribution is -0.118. The molecule has 0 bridgehead atoms. The van der Waals surface area contributed by atoms with Crippen LogP contribution in [-0.2, 0) is 16.1 Å². The van der Waals surface area contributed by atoms with Crippen LogP contribution in [0.3, 0.4) is 0 Å². The van der Waals surface area contributed by atoms with E-state index in [-0.39, 0.29) is 29.5 Å². The van der Waals surface area contributed by atoms with Crippen molar-refractivity contribution in [1.82, 2.24) is 19.4 Å². The number of hydrogen-bond acceptors (Lipinski definition) is 8. The van der Waals surface area contributed by atoms with E-state index in [1.165, 1.54) is 23.9 Å². The monoisotopic (exact) mass is 433 g/mol. The van der Waals surface area contributed by atoms with Crippen molar-refractivity contribution in [3.63, 3.8) is 0 Å². The number of carbonyl (C=O) groups excluding carboxylic acids is 2. The minimum Gasteiger partial charge on any atom is -0.482 e. The fourth-order valence-corrected chi connectivity index (χ4v) is 2.74. The van der Waals surface area contributed by atoms with E-state index in [2.05, 4.69) is 25.0 Å². The van der Waals surface area contributed by atoms with Gasteiger partial charge < -0.3 is 19.9 Å². The molecule has 0 saturated carbocycles. The number of fused-ring (bicyclic) bond motifs is 2. The number of nitrogens with one attached hydrogen (secondary N) is 2. The Morgan fingerprint density at radius 1 is 1.37 bits per heavy atom. The van der Waals surface area contributed by atoms with Gasteiger partial charge in [-0.1, -0.05) is 6.07 Å². The summed E-state index contributed by atoms with van der Waals surface area (Å²) >= 11 is 5.38. The Hall–Kier alpha value is -3.70. The second kappa shape index (κ2) is 9.20. The third kappa shape index (κ3) is 4.64. The predicted octanol–water partition coefficient (Wildman–Crippen LogP) is 1.47. The number of hydrogen-bond donors (Lipinski definition) is 3. The molecule has 1 amide bonds. The first-order valence-electron chi connectivity index (χ1n) is 8.48. The highest BCUT2D eigenvalue weighted by molar-refractivity contribution is 6.13. The van der Waals surface area contributed by atoms with Gasteiger partial charge in [-0.2, -0.15) is 5.10 Å². The number of carboxylic acids is 1. The Bertz CT molecular complexity index is 1120. The molecule has 3 heterocycles. The van der Waals surface area contributed by atoms with Crippen LogP contribution in [0.2, 0.25) is 0 Å². The minimum atomic E-state index is -1.21. The van der Waals surface area contributed by atoms with Gasteiger partial charge in [-0.25, -0.2) is 23.9 Å². The summed E-state index contributed by atoms with van der Waals surface area (Å²) in [5.41, 5.74) is 1.76. The first-order valence-corrected chi connectivity index (χ1v) is 8.86. The molecule has 0 atom stereocenters. The van der Waals surface area contributed by atoms with Crippen LogP contribution in [0.15, 0.2) is 36.5 Å². The quantitative estimate of drug-likeness (QED) is 0.411. The number of nitrogens with zero attached hydrogens (tertiary/aromatic N) is 3. The molecule has 4 rings (SSSR count). The van der Waals surface area contributed by atoms with Gasteiger partial charge in [0.2, 0.25) is 0 Å². The first kappa shape index (κ1) is 21.0. The number of carbonyl (C=O) groups is 3. The van der Waals surface area contributed by atoms with Crippen molar-refractivity contribution >= 4 is 41.0 Å². The van der Waals surface area contributed by atoms with Gasteiger partial charge in [0, 0.05) is 18.7 Å². The van der Waals surface area contributed by atoms with Crippen LogP contribution in [0.4, 0.5) is 5.69 Å². The van der Waals surface area contributed by atoms with Crippen LogP contribution in [-0.4, -0.2) is 51.3 Å². The zero-order valence-electron chi connectivity index (χ0n) is 15.6. The van der Waals surface area contributed by atoms with Gasteiger partial charge in [-0.3, -0.25) is 4.79 Å². The number of benzene rings is 1. The maximum atomic E-state index is 11.4. The highest BCUT2D eigenvalue weighted by Crippen LogP contribution is 2.28. The molecular weight excluding hydrogens is 418 g/mol. The summed E-state index contributed by atoms with van der Waals surface area (Å²) in [6.45, 7) is 0.630. The summed E-state index contributed by atoms with van der Waals surface area (Å²) < 4.78 is 11.0. The summed E-state index contributed by atoms with van der Waals surface area (Å²) in [5.74, 6) is -1.32. The Morgan fingerprint density at radius 3 is 2.87 bits per heavy atom. The largest absolute Gasteiger partial charge is 0.482 e. The van der Waals surface area contributed by atoms with Gasteiger partial charge in [0.05, 0.1) is 19.0 Å². The fraction of sp³-hybridized carbons (Fsp3) is 0.167. The third-order valence-electron chi connectivity index (χ3n) is 3.92. The van der Waals surface area contributed by atoms with E-state index in [4.69, 9.17) is 21.6 Å². The first-order chi connectivity index (χ1) is 14.4. The van der Waals surface area contributed by atoms with Gasteiger partial charge in [0.25, 0.3) is 5.91 Å². The molecule has 11 nitrogen and oxygen atoms in total. The van der Waals surface area contributed by atoms with Crippen LogP contribution in [0.1, 0.15) is 26.5 Å². The highest BCUT2D eigenvalue weighted by Gasteiger charge is 2.17. The summed E-state index contributed by atoms with van der Waals surface area (Å²) in [7, 11) is 1.21. The number of amides is 1. The smallest absolute Gasteiger partial charge is 0.356 e. The van der Waals surface area contributed by atoms with Gasteiger partial charge in [-0.15, -0.1) is 0 Å². The molecule has 3 aromatic rings. The molecule has 156 valence electrons. The normalized spacial score (nSPS) is 12.1. The molecule has 2 aromatic heterocycles. The van der Waals surface area contributed by atoms with E-state index >= 15 is 0 Å². The van der Waals surface area contributed by atoms with Crippen LogP contribution in [0.25, 0.3) is 5.65 Å². The molecule has 30 heavy (non-hydrogen) atoms. The van der Waals surface area contributed by atoms with Crippen LogP contribution in [0, 0.1) is 0 Å². The van der Waals surface area contributed by atoms with Crippen molar-refractivity contribution < 1.29 is 29.0 Å². The maximum Gasteiger partial charge on any atom is 0.356 e. The van der Waals surface area contributed by atoms with E-state index in [1.54, 1.807) is 0 Å². The maximum absolute atomic E-state index is 11.4. The second-order valence-electron chi connectivity index (χ2n) is 5.90. The Kier molecular flexibility index (Phi) is 6.45. The average Bonchev–Trinajstić information content (AvgIpc) is 3.21. The van der Waals surface area contributed by atoms with E-state index in [0.717, 1.165) is 11.6 Å². The number of anilines is 1. The zero-order chi connectivity index (χ0) is 21.7. The molecule has 0 unspecified atom stereocenters.